The number of anilines is 1. The van der Waals surface area contributed by atoms with Crippen LogP contribution in [0, 0.1) is 0 Å². The van der Waals surface area contributed by atoms with Gasteiger partial charge < -0.3 is 15.0 Å². The fourth-order valence-electron chi connectivity index (χ4n) is 3.89. The topological polar surface area (TPSA) is 96.0 Å². The highest BCUT2D eigenvalue weighted by Crippen LogP contribution is 2.30. The molecule has 2 amide bonds. The molecule has 0 fully saturated rings. The first-order chi connectivity index (χ1) is 17.2. The van der Waals surface area contributed by atoms with Crippen molar-refractivity contribution in [3.63, 3.8) is 0 Å². The van der Waals surface area contributed by atoms with Crippen LogP contribution in [0.15, 0.2) is 54.6 Å². The molecular weight excluding hydrogens is 478 g/mol. The molecule has 2 rings (SSSR count). The normalized spacial score (nSPS) is 12.0. The summed E-state index contributed by atoms with van der Waals surface area (Å²) < 4.78 is 32.0. The monoisotopic (exact) mass is 517 g/mol. The summed E-state index contributed by atoms with van der Waals surface area (Å²) in [6.07, 6.45) is 2.99. The lowest BCUT2D eigenvalue weighted by Crippen LogP contribution is -2.49. The average Bonchev–Trinajstić information content (AvgIpc) is 2.85. The molecule has 0 saturated carbocycles. The van der Waals surface area contributed by atoms with E-state index in [1.165, 1.54) is 4.31 Å². The van der Waals surface area contributed by atoms with Crippen LogP contribution in [0.25, 0.3) is 0 Å². The van der Waals surface area contributed by atoms with Crippen molar-refractivity contribution >= 4 is 27.5 Å². The first kappa shape index (κ1) is 29.2. The molecule has 1 atom stereocenters. The number of sulfonamides is 1. The van der Waals surface area contributed by atoms with E-state index in [0.717, 1.165) is 18.2 Å². The fraction of sp³-hybridized carbons (Fsp3) is 0.481. The third-order valence-electron chi connectivity index (χ3n) is 5.79. The van der Waals surface area contributed by atoms with Gasteiger partial charge in [0.05, 0.1) is 18.6 Å². The van der Waals surface area contributed by atoms with Gasteiger partial charge in [-0.05, 0) is 50.8 Å². The second kappa shape index (κ2) is 14.5. The molecule has 0 aliphatic heterocycles. The van der Waals surface area contributed by atoms with E-state index < -0.39 is 16.1 Å². The molecule has 0 radical (unpaired) electrons. The molecule has 36 heavy (non-hydrogen) atoms. The zero-order valence-electron chi connectivity index (χ0n) is 21.8. The van der Waals surface area contributed by atoms with Crippen LogP contribution in [0.5, 0.6) is 5.75 Å². The predicted molar refractivity (Wildman–Crippen MR) is 144 cm³/mol. The first-order valence-electron chi connectivity index (χ1n) is 12.5. The molecule has 198 valence electrons. The van der Waals surface area contributed by atoms with Crippen LogP contribution in [0.2, 0.25) is 0 Å². The summed E-state index contributed by atoms with van der Waals surface area (Å²) in [6.45, 7) is 7.01. The number of carbonyl (C=O) groups excluding carboxylic acids is 2. The summed E-state index contributed by atoms with van der Waals surface area (Å²) in [7, 11) is -3.60. The molecule has 9 heteroatoms. The fourth-order valence-corrected chi connectivity index (χ4v) is 4.86. The molecule has 8 nitrogen and oxygen atoms in total. The summed E-state index contributed by atoms with van der Waals surface area (Å²) in [5.74, 6) is 0.0979. The van der Waals surface area contributed by atoms with Crippen LogP contribution < -0.4 is 14.4 Å². The summed E-state index contributed by atoms with van der Waals surface area (Å²) in [5.41, 5.74) is 1.52. The number of hydrogen-bond acceptors (Lipinski definition) is 5. The highest BCUT2D eigenvalue weighted by molar-refractivity contribution is 7.92. The number of hydrogen-bond donors (Lipinski definition) is 1. The molecule has 0 saturated heterocycles. The van der Waals surface area contributed by atoms with E-state index in [0.29, 0.717) is 44.0 Å². The van der Waals surface area contributed by atoms with Gasteiger partial charge in [-0.25, -0.2) is 8.42 Å². The highest BCUT2D eigenvalue weighted by atomic mass is 32.2. The van der Waals surface area contributed by atoms with Gasteiger partial charge in [0.15, 0.2) is 0 Å². The lowest BCUT2D eigenvalue weighted by atomic mass is 10.1. The Morgan fingerprint density at radius 1 is 1.00 bits per heavy atom. The second-order valence-electron chi connectivity index (χ2n) is 8.63. The maximum Gasteiger partial charge on any atom is 0.242 e. The Hall–Kier alpha value is -3.07. The molecule has 0 aliphatic rings. The van der Waals surface area contributed by atoms with Gasteiger partial charge in [0.2, 0.25) is 21.8 Å². The standard InChI is InChI=1S/C27H39N3O5S/c1-5-19-28-27(32)22(3)29(21-18-23-13-8-7-9-14-23)26(31)17-12-20-30(36(4,33)34)24-15-10-11-16-25(24)35-6-2/h7-11,13-16,22H,5-6,12,17-21H2,1-4H3,(H,28,32). The Bertz CT molecular complexity index is 1080. The van der Waals surface area contributed by atoms with Gasteiger partial charge in [-0.3, -0.25) is 13.9 Å². The lowest BCUT2D eigenvalue weighted by Gasteiger charge is -2.29. The molecule has 1 N–H and O–H groups in total. The van der Waals surface area contributed by atoms with E-state index in [1.807, 2.05) is 44.2 Å². The average molecular weight is 518 g/mol. The SMILES string of the molecule is CCCNC(=O)C(C)N(CCc1ccccc1)C(=O)CCCN(c1ccccc1OCC)S(C)(=O)=O. The van der Waals surface area contributed by atoms with Crippen LogP contribution in [0.1, 0.15) is 45.6 Å². The minimum Gasteiger partial charge on any atom is -0.492 e. The van der Waals surface area contributed by atoms with Gasteiger partial charge in [0.1, 0.15) is 11.8 Å². The first-order valence-corrected chi connectivity index (χ1v) is 14.3. The van der Waals surface area contributed by atoms with E-state index in [4.69, 9.17) is 4.74 Å². The second-order valence-corrected chi connectivity index (χ2v) is 10.5. The molecule has 2 aromatic rings. The van der Waals surface area contributed by atoms with Crippen molar-refractivity contribution in [2.45, 2.75) is 52.5 Å². The number of ether oxygens (including phenoxy) is 1. The summed E-state index contributed by atoms with van der Waals surface area (Å²) in [4.78, 5) is 27.5. The number of rotatable bonds is 15. The maximum absolute atomic E-state index is 13.3. The van der Waals surface area contributed by atoms with Crippen LogP contribution in [0.4, 0.5) is 5.69 Å². The lowest BCUT2D eigenvalue weighted by molar-refractivity contribution is -0.139. The number of carbonyl (C=O) groups is 2. The molecule has 0 aromatic heterocycles. The van der Waals surface area contributed by atoms with Crippen molar-refractivity contribution in [2.24, 2.45) is 0 Å². The van der Waals surface area contributed by atoms with Crippen LogP contribution in [0.3, 0.4) is 0 Å². The third kappa shape index (κ3) is 8.86. The van der Waals surface area contributed by atoms with Crippen molar-refractivity contribution in [2.75, 3.05) is 36.8 Å². The maximum atomic E-state index is 13.3. The summed E-state index contributed by atoms with van der Waals surface area (Å²) >= 11 is 0. The predicted octanol–water partition coefficient (Wildman–Crippen LogP) is 3.62. The number of nitrogens with zero attached hydrogens (tertiary/aromatic N) is 2. The number of benzene rings is 2. The Labute approximate surface area is 215 Å². The van der Waals surface area contributed by atoms with E-state index in [1.54, 1.807) is 36.1 Å². The number of nitrogens with one attached hydrogen (secondary N) is 1. The van der Waals surface area contributed by atoms with Gasteiger partial charge in [-0.1, -0.05) is 49.4 Å². The van der Waals surface area contributed by atoms with Crippen molar-refractivity contribution < 1.29 is 22.7 Å². The van der Waals surface area contributed by atoms with Crippen molar-refractivity contribution in [3.8, 4) is 5.75 Å². The van der Waals surface area contributed by atoms with Gasteiger partial charge in [0.25, 0.3) is 0 Å². The van der Waals surface area contributed by atoms with Crippen LogP contribution in [-0.4, -0.2) is 63.7 Å². The molecule has 0 spiro atoms. The molecule has 0 aliphatic carbocycles. The van der Waals surface area contributed by atoms with E-state index in [-0.39, 0.29) is 24.8 Å². The number of para-hydroxylation sites is 2. The largest absolute Gasteiger partial charge is 0.492 e. The van der Waals surface area contributed by atoms with E-state index in [9.17, 15) is 18.0 Å². The van der Waals surface area contributed by atoms with Crippen LogP contribution in [-0.2, 0) is 26.0 Å². The zero-order chi connectivity index (χ0) is 26.6. The van der Waals surface area contributed by atoms with Gasteiger partial charge in [0, 0.05) is 26.1 Å². The summed E-state index contributed by atoms with van der Waals surface area (Å²) in [5, 5.41) is 2.87. The van der Waals surface area contributed by atoms with Gasteiger partial charge in [-0.15, -0.1) is 0 Å². The molecule has 2 aromatic carbocycles. The number of amides is 2. The molecular formula is C27H39N3O5S. The Balaban J connectivity index is 2.13. The van der Waals surface area contributed by atoms with Crippen molar-refractivity contribution in [3.05, 3.63) is 60.2 Å². The van der Waals surface area contributed by atoms with E-state index >= 15 is 0 Å². The molecule has 0 heterocycles. The smallest absolute Gasteiger partial charge is 0.242 e. The van der Waals surface area contributed by atoms with Gasteiger partial charge >= 0.3 is 0 Å². The highest BCUT2D eigenvalue weighted by Gasteiger charge is 2.26. The van der Waals surface area contributed by atoms with E-state index in [2.05, 4.69) is 5.32 Å². The third-order valence-corrected chi connectivity index (χ3v) is 6.97. The summed E-state index contributed by atoms with van der Waals surface area (Å²) in [6, 6.07) is 16.1. The van der Waals surface area contributed by atoms with Crippen molar-refractivity contribution in [1.29, 1.82) is 0 Å². The molecule has 0 bridgehead atoms. The minimum absolute atomic E-state index is 0.114. The zero-order valence-corrected chi connectivity index (χ0v) is 22.6. The Morgan fingerprint density at radius 3 is 2.31 bits per heavy atom. The Morgan fingerprint density at radius 2 is 1.67 bits per heavy atom. The molecule has 1 unspecified atom stereocenters. The van der Waals surface area contributed by atoms with Gasteiger partial charge in [-0.2, -0.15) is 0 Å². The quantitative estimate of drug-likeness (QED) is 0.389. The van der Waals surface area contributed by atoms with Crippen molar-refractivity contribution in [1.82, 2.24) is 10.2 Å². The minimum atomic E-state index is -3.60. The Kier molecular flexibility index (Phi) is 11.7. The van der Waals surface area contributed by atoms with Crippen LogP contribution >= 0.6 is 0 Å².